The summed E-state index contributed by atoms with van der Waals surface area (Å²) in [5.41, 5.74) is -3.18. The minimum Gasteiger partial charge on any atom is -0.336 e. The third-order valence-electron chi connectivity index (χ3n) is 6.92. The van der Waals surface area contributed by atoms with Gasteiger partial charge in [-0.25, -0.2) is 26.3 Å². The average molecular weight is 516 g/mol. The molecule has 194 valence electrons. The van der Waals surface area contributed by atoms with E-state index >= 15 is 0 Å². The number of alkyl halides is 4. The monoisotopic (exact) mass is 516 g/mol. The molecule has 0 spiro atoms. The highest BCUT2D eigenvalue weighted by atomic mass is 19.3. The Morgan fingerprint density at radius 2 is 1.89 bits per heavy atom. The Kier molecular flexibility index (Phi) is 6.69. The maximum absolute atomic E-state index is 14.4. The third-order valence-corrected chi connectivity index (χ3v) is 6.92. The first-order chi connectivity index (χ1) is 16.8. The van der Waals surface area contributed by atoms with Crippen molar-refractivity contribution in [2.24, 2.45) is 16.1 Å². The van der Waals surface area contributed by atoms with Crippen molar-refractivity contribution in [1.82, 2.24) is 10.2 Å². The molecule has 2 amide bonds. The fourth-order valence-electron chi connectivity index (χ4n) is 5.07. The highest BCUT2D eigenvalue weighted by Crippen LogP contribution is 2.50. The van der Waals surface area contributed by atoms with E-state index in [1.807, 2.05) is 0 Å². The van der Waals surface area contributed by atoms with Crippen LogP contribution in [0.2, 0.25) is 0 Å². The van der Waals surface area contributed by atoms with Crippen LogP contribution in [0.1, 0.15) is 43.7 Å². The van der Waals surface area contributed by atoms with Gasteiger partial charge in [-0.05, 0) is 31.1 Å². The van der Waals surface area contributed by atoms with Crippen LogP contribution in [0.25, 0.3) is 0 Å². The Balaban J connectivity index is 1.43. The van der Waals surface area contributed by atoms with Crippen molar-refractivity contribution in [3.8, 4) is 0 Å². The van der Waals surface area contributed by atoms with E-state index in [9.17, 15) is 40.7 Å². The molecule has 0 radical (unpaired) electrons. The number of rotatable bonds is 6. The van der Waals surface area contributed by atoms with Gasteiger partial charge in [0.05, 0.1) is 23.3 Å². The molecule has 0 aromatic heterocycles. The van der Waals surface area contributed by atoms with Crippen LogP contribution >= 0.6 is 0 Å². The molecule has 13 heteroatoms. The number of likely N-dealkylation sites (tertiary alicyclic amines) is 1. The highest BCUT2D eigenvalue weighted by molar-refractivity contribution is 6.35. The topological polar surface area (TPSA) is 91.2 Å². The number of Topliss-reactive ketones (excluding diaryl/α,β-unsaturated/α-hetero) is 1. The molecule has 2 fully saturated rings. The van der Waals surface area contributed by atoms with Crippen molar-refractivity contribution in [1.29, 1.82) is 0 Å². The minimum atomic E-state index is -3.41. The van der Waals surface area contributed by atoms with E-state index in [0.29, 0.717) is 6.07 Å². The predicted molar refractivity (Wildman–Crippen MR) is 112 cm³/mol. The van der Waals surface area contributed by atoms with Gasteiger partial charge in [-0.3, -0.25) is 14.4 Å². The summed E-state index contributed by atoms with van der Waals surface area (Å²) in [6.07, 6.45) is -3.87. The number of nitrogens with one attached hydrogen (secondary N) is 1. The van der Waals surface area contributed by atoms with Gasteiger partial charge in [0, 0.05) is 37.8 Å². The lowest BCUT2D eigenvalue weighted by atomic mass is 9.71. The van der Waals surface area contributed by atoms with Crippen molar-refractivity contribution in [3.63, 3.8) is 0 Å². The van der Waals surface area contributed by atoms with Gasteiger partial charge in [0.15, 0.2) is 0 Å². The van der Waals surface area contributed by atoms with Crippen LogP contribution in [0, 0.1) is 17.6 Å². The van der Waals surface area contributed by atoms with Gasteiger partial charge in [0.25, 0.3) is 12.3 Å². The van der Waals surface area contributed by atoms with E-state index in [0.717, 1.165) is 11.0 Å². The van der Waals surface area contributed by atoms with Crippen molar-refractivity contribution < 1.29 is 40.7 Å². The van der Waals surface area contributed by atoms with Gasteiger partial charge in [0.1, 0.15) is 17.4 Å². The number of ketones is 1. The standard InChI is InChI=1S/C23H22F6N4O3/c1-11-13(15(34)8-12-2-3-14(24)17(18(12)25)19(26)27)5-7-33(11)21(36)20(35)31-22(9-23(28,29)10-22)16-4-6-30-32-16/h2-4,11,13,19H,5-10H2,1H3,(H,31,35)/t11-,13-/m0/s1. The fraction of sp³-hybridized carbons (Fsp3) is 0.522. The molecular formula is C23H22F6N4O3. The molecule has 1 saturated heterocycles. The molecule has 2 atom stereocenters. The maximum atomic E-state index is 14.4. The molecule has 3 aliphatic rings. The zero-order valence-corrected chi connectivity index (χ0v) is 19.0. The second kappa shape index (κ2) is 9.32. The van der Waals surface area contributed by atoms with E-state index in [1.54, 1.807) is 0 Å². The molecule has 0 bridgehead atoms. The smallest absolute Gasteiger partial charge is 0.312 e. The summed E-state index contributed by atoms with van der Waals surface area (Å²) in [6, 6.07) is 0.760. The zero-order chi connectivity index (χ0) is 26.4. The van der Waals surface area contributed by atoms with Crippen LogP contribution in [-0.4, -0.2) is 53.1 Å². The summed E-state index contributed by atoms with van der Waals surface area (Å²) in [6.45, 7) is 1.66. The molecule has 1 saturated carbocycles. The van der Waals surface area contributed by atoms with E-state index < -0.39 is 89.5 Å². The largest absolute Gasteiger partial charge is 0.336 e. The van der Waals surface area contributed by atoms with Gasteiger partial charge in [-0.2, -0.15) is 10.2 Å². The number of benzene rings is 1. The number of carbonyl (C=O) groups excluding carboxylic acids is 3. The van der Waals surface area contributed by atoms with Crippen molar-refractivity contribution in [3.05, 3.63) is 46.7 Å². The Morgan fingerprint density at radius 3 is 2.47 bits per heavy atom. The van der Waals surface area contributed by atoms with Gasteiger partial charge < -0.3 is 10.2 Å². The SMILES string of the molecule is C[C@H]1[C@@H](C(=O)Cc2ccc(F)c(C(F)F)c2F)CCN1C(=O)C(=O)NC1(C2=CCN=N2)CC(F)(F)C1. The number of hydrogen-bond acceptors (Lipinski definition) is 5. The third kappa shape index (κ3) is 4.62. The maximum Gasteiger partial charge on any atom is 0.312 e. The Bertz CT molecular complexity index is 1160. The van der Waals surface area contributed by atoms with E-state index in [-0.39, 0.29) is 25.2 Å². The predicted octanol–water partition coefficient (Wildman–Crippen LogP) is 3.88. The summed E-state index contributed by atoms with van der Waals surface area (Å²) in [7, 11) is 0. The summed E-state index contributed by atoms with van der Waals surface area (Å²) >= 11 is 0. The van der Waals surface area contributed by atoms with Gasteiger partial charge in [0.2, 0.25) is 0 Å². The van der Waals surface area contributed by atoms with Gasteiger partial charge in [-0.1, -0.05) is 6.07 Å². The van der Waals surface area contributed by atoms with Crippen LogP contribution in [0.3, 0.4) is 0 Å². The molecule has 1 aliphatic carbocycles. The number of amides is 2. The molecule has 2 aliphatic heterocycles. The number of halogens is 6. The van der Waals surface area contributed by atoms with E-state index in [2.05, 4.69) is 15.5 Å². The molecular weight excluding hydrogens is 494 g/mol. The van der Waals surface area contributed by atoms with Gasteiger partial charge in [-0.15, -0.1) is 0 Å². The molecule has 1 N–H and O–H groups in total. The summed E-state index contributed by atoms with van der Waals surface area (Å²) < 4.78 is 81.2. The molecule has 7 nitrogen and oxygen atoms in total. The molecule has 0 unspecified atom stereocenters. The lowest BCUT2D eigenvalue weighted by Crippen LogP contribution is -2.65. The minimum absolute atomic E-state index is 0.0103. The van der Waals surface area contributed by atoms with Crippen LogP contribution in [0.4, 0.5) is 26.3 Å². The highest BCUT2D eigenvalue weighted by Gasteiger charge is 2.60. The van der Waals surface area contributed by atoms with Crippen LogP contribution in [-0.2, 0) is 20.8 Å². The first-order valence-corrected chi connectivity index (χ1v) is 11.2. The van der Waals surface area contributed by atoms with Crippen LogP contribution in [0.15, 0.2) is 34.1 Å². The second-order valence-electron chi connectivity index (χ2n) is 9.27. The Labute approximate surface area is 201 Å². The normalized spacial score (nSPS) is 24.0. The lowest BCUT2D eigenvalue weighted by Gasteiger charge is -2.47. The number of hydrogen-bond donors (Lipinski definition) is 1. The number of azo groups is 1. The second-order valence-corrected chi connectivity index (χ2v) is 9.27. The summed E-state index contributed by atoms with van der Waals surface area (Å²) in [4.78, 5) is 39.5. The van der Waals surface area contributed by atoms with Crippen molar-refractivity contribution >= 4 is 17.6 Å². The Hall–Kier alpha value is -3.25. The number of carbonyl (C=O) groups is 3. The zero-order valence-electron chi connectivity index (χ0n) is 19.0. The summed E-state index contributed by atoms with van der Waals surface area (Å²) in [5, 5.41) is 9.86. The first-order valence-electron chi connectivity index (χ1n) is 11.2. The number of nitrogens with zero attached hydrogens (tertiary/aromatic N) is 3. The molecule has 36 heavy (non-hydrogen) atoms. The molecule has 2 heterocycles. The molecule has 4 rings (SSSR count). The van der Waals surface area contributed by atoms with E-state index in [4.69, 9.17) is 0 Å². The fourth-order valence-corrected chi connectivity index (χ4v) is 5.07. The summed E-state index contributed by atoms with van der Waals surface area (Å²) in [5.74, 6) is -9.54. The van der Waals surface area contributed by atoms with Crippen molar-refractivity contribution in [2.75, 3.05) is 13.1 Å². The quantitative estimate of drug-likeness (QED) is 0.460. The average Bonchev–Trinajstić information content (AvgIpc) is 3.44. The Morgan fingerprint density at radius 1 is 1.19 bits per heavy atom. The van der Waals surface area contributed by atoms with Crippen LogP contribution in [0.5, 0.6) is 0 Å². The lowest BCUT2D eigenvalue weighted by molar-refractivity contribution is -0.154. The molecule has 1 aromatic rings. The first kappa shape index (κ1) is 25.8. The van der Waals surface area contributed by atoms with Gasteiger partial charge >= 0.3 is 11.8 Å². The van der Waals surface area contributed by atoms with E-state index in [1.165, 1.54) is 13.0 Å². The van der Waals surface area contributed by atoms with Crippen molar-refractivity contribution in [2.45, 2.75) is 56.5 Å². The van der Waals surface area contributed by atoms with Crippen LogP contribution < -0.4 is 5.32 Å². The molecule has 1 aromatic carbocycles.